The fourth-order valence-electron chi connectivity index (χ4n) is 7.13. The van der Waals surface area contributed by atoms with Gasteiger partial charge in [-0.1, -0.05) is 25.5 Å². The van der Waals surface area contributed by atoms with Crippen LogP contribution in [-0.2, 0) is 0 Å². The molecule has 0 aliphatic heterocycles. The standard InChI is InChI=1S/C31H43F5S/c1-2-3-18-37-27-15-12-23(13-16-27)26-14-17-28(29(32)19-26)24-8-4-21(5-9-24)22-6-10-25(11-7-22)30(33)20-31(34,35)36/h14,17,19-25,27H,2-13,15-16,18H2,1H3/b30-20-. The predicted octanol–water partition coefficient (Wildman–Crippen LogP) is 10.9. The molecule has 3 aliphatic rings. The van der Waals surface area contributed by atoms with Gasteiger partial charge >= 0.3 is 6.18 Å². The SMILES string of the molecule is CCCCSC1CCC(c2ccc(C3CCC(C4CCC(/C(F)=C/C(F)(F)F)CC4)CC3)c(F)c2)CC1. The minimum absolute atomic E-state index is 0.0483. The zero-order valence-electron chi connectivity index (χ0n) is 22.2. The first-order chi connectivity index (χ1) is 17.7. The van der Waals surface area contributed by atoms with Crippen molar-refractivity contribution >= 4 is 11.8 Å². The highest BCUT2D eigenvalue weighted by molar-refractivity contribution is 7.99. The van der Waals surface area contributed by atoms with Gasteiger partial charge in [0.1, 0.15) is 11.6 Å². The van der Waals surface area contributed by atoms with Crippen LogP contribution in [0.25, 0.3) is 0 Å². The maximum atomic E-state index is 15.2. The van der Waals surface area contributed by atoms with Crippen molar-refractivity contribution in [2.75, 3.05) is 5.75 Å². The van der Waals surface area contributed by atoms with Gasteiger partial charge in [0.2, 0.25) is 0 Å². The van der Waals surface area contributed by atoms with Crippen LogP contribution in [0.15, 0.2) is 30.1 Å². The Morgan fingerprint density at radius 3 is 2.03 bits per heavy atom. The number of hydrogen-bond acceptors (Lipinski definition) is 1. The number of allylic oxidation sites excluding steroid dienone is 2. The van der Waals surface area contributed by atoms with E-state index in [2.05, 4.69) is 24.8 Å². The lowest BCUT2D eigenvalue weighted by Gasteiger charge is -2.38. The molecule has 6 heteroatoms. The number of alkyl halides is 3. The third-order valence-corrected chi connectivity index (χ3v) is 10.8. The van der Waals surface area contributed by atoms with Gasteiger partial charge in [-0.15, -0.1) is 0 Å². The highest BCUT2D eigenvalue weighted by atomic mass is 32.2. The summed E-state index contributed by atoms with van der Waals surface area (Å²) in [5, 5.41) is 0.771. The first-order valence-corrected chi connectivity index (χ1v) is 15.6. The molecule has 3 aliphatic carbocycles. The van der Waals surface area contributed by atoms with Crippen molar-refractivity contribution in [3.63, 3.8) is 0 Å². The van der Waals surface area contributed by atoms with E-state index >= 15 is 4.39 Å². The highest BCUT2D eigenvalue weighted by Gasteiger charge is 2.35. The van der Waals surface area contributed by atoms with Gasteiger partial charge in [-0.3, -0.25) is 0 Å². The van der Waals surface area contributed by atoms with E-state index in [1.54, 1.807) is 6.07 Å². The van der Waals surface area contributed by atoms with E-state index in [1.807, 2.05) is 6.07 Å². The van der Waals surface area contributed by atoms with Crippen LogP contribution in [0.5, 0.6) is 0 Å². The second-order valence-corrected chi connectivity index (χ2v) is 13.2. The van der Waals surface area contributed by atoms with E-state index in [0.717, 1.165) is 67.7 Å². The molecule has 0 atom stereocenters. The molecular weight excluding hydrogens is 499 g/mol. The third-order valence-electron chi connectivity index (χ3n) is 9.36. The van der Waals surface area contributed by atoms with Crippen LogP contribution in [-0.4, -0.2) is 17.2 Å². The Bertz CT molecular complexity index is 870. The molecule has 3 saturated carbocycles. The first kappa shape index (κ1) is 29.0. The maximum absolute atomic E-state index is 15.2. The molecule has 0 spiro atoms. The van der Waals surface area contributed by atoms with Gasteiger partial charge in [0.15, 0.2) is 0 Å². The van der Waals surface area contributed by atoms with E-state index < -0.39 is 17.9 Å². The average Bonchev–Trinajstić information content (AvgIpc) is 2.88. The Labute approximate surface area is 224 Å². The summed E-state index contributed by atoms with van der Waals surface area (Å²) in [6.45, 7) is 2.24. The summed E-state index contributed by atoms with van der Waals surface area (Å²) < 4.78 is 66.6. The van der Waals surface area contributed by atoms with Crippen LogP contribution >= 0.6 is 11.8 Å². The molecule has 1 aromatic rings. The molecular formula is C31H43F5S. The molecule has 0 N–H and O–H groups in total. The zero-order chi connectivity index (χ0) is 26.4. The van der Waals surface area contributed by atoms with Crippen molar-refractivity contribution in [3.8, 4) is 0 Å². The van der Waals surface area contributed by atoms with E-state index in [9.17, 15) is 17.6 Å². The molecule has 0 aromatic heterocycles. The Morgan fingerprint density at radius 2 is 1.46 bits per heavy atom. The quantitative estimate of drug-likeness (QED) is 0.233. The lowest BCUT2D eigenvalue weighted by molar-refractivity contribution is -0.0821. The summed E-state index contributed by atoms with van der Waals surface area (Å²) in [5.41, 5.74) is 2.02. The lowest BCUT2D eigenvalue weighted by Crippen LogP contribution is -2.26. The third kappa shape index (κ3) is 8.22. The van der Waals surface area contributed by atoms with Crippen LogP contribution in [0, 0.1) is 23.6 Å². The molecule has 208 valence electrons. The molecule has 0 saturated heterocycles. The summed E-state index contributed by atoms with van der Waals surface area (Å²) in [5.74, 6) is 1.33. The molecule has 1 aromatic carbocycles. The number of halogens is 5. The van der Waals surface area contributed by atoms with E-state index in [-0.39, 0.29) is 17.8 Å². The summed E-state index contributed by atoms with van der Waals surface area (Å²) in [4.78, 5) is 0. The van der Waals surface area contributed by atoms with Gasteiger partial charge in [-0.05, 0) is 130 Å². The molecule has 3 fully saturated rings. The topological polar surface area (TPSA) is 0 Å². The molecule has 0 amide bonds. The van der Waals surface area contributed by atoms with Crippen molar-refractivity contribution in [2.24, 2.45) is 17.8 Å². The van der Waals surface area contributed by atoms with Gasteiger partial charge in [-0.2, -0.15) is 24.9 Å². The molecule has 37 heavy (non-hydrogen) atoms. The second kappa shape index (κ2) is 13.3. The molecule has 0 heterocycles. The molecule has 0 nitrogen and oxygen atoms in total. The Balaban J connectivity index is 1.23. The van der Waals surface area contributed by atoms with Crippen LogP contribution in [0.2, 0.25) is 0 Å². The second-order valence-electron chi connectivity index (χ2n) is 11.8. The average molecular weight is 543 g/mol. The fourth-order valence-corrected chi connectivity index (χ4v) is 8.52. The Kier molecular flexibility index (Phi) is 10.4. The first-order valence-electron chi connectivity index (χ1n) is 14.6. The van der Waals surface area contributed by atoms with Crippen LogP contribution < -0.4 is 0 Å². The van der Waals surface area contributed by atoms with Gasteiger partial charge in [0, 0.05) is 11.2 Å². The van der Waals surface area contributed by atoms with Gasteiger partial charge in [-0.25, -0.2) is 8.78 Å². The predicted molar refractivity (Wildman–Crippen MR) is 144 cm³/mol. The van der Waals surface area contributed by atoms with E-state index in [0.29, 0.717) is 30.6 Å². The van der Waals surface area contributed by atoms with Crippen LogP contribution in [0.4, 0.5) is 22.0 Å². The van der Waals surface area contributed by atoms with Crippen LogP contribution in [0.3, 0.4) is 0 Å². The number of rotatable bonds is 8. The molecule has 0 bridgehead atoms. The zero-order valence-corrected chi connectivity index (χ0v) is 23.0. The van der Waals surface area contributed by atoms with Gasteiger partial charge in [0.05, 0.1) is 6.08 Å². The number of thioether (sulfide) groups is 1. The van der Waals surface area contributed by atoms with Gasteiger partial charge in [0.25, 0.3) is 0 Å². The summed E-state index contributed by atoms with van der Waals surface area (Å²) in [6, 6.07) is 6.02. The number of hydrogen-bond donors (Lipinski definition) is 0. The highest BCUT2D eigenvalue weighted by Crippen LogP contribution is 2.46. The number of benzene rings is 1. The van der Waals surface area contributed by atoms with Crippen molar-refractivity contribution in [1.29, 1.82) is 0 Å². The smallest absolute Gasteiger partial charge is 0.212 e. The summed E-state index contributed by atoms with van der Waals surface area (Å²) in [7, 11) is 0. The molecule has 4 rings (SSSR count). The monoisotopic (exact) mass is 542 g/mol. The summed E-state index contributed by atoms with van der Waals surface area (Å²) in [6.07, 6.45) is 9.15. The molecule has 0 radical (unpaired) electrons. The van der Waals surface area contributed by atoms with Crippen molar-refractivity contribution in [1.82, 2.24) is 0 Å². The lowest BCUT2D eigenvalue weighted by atomic mass is 9.68. The minimum Gasteiger partial charge on any atom is -0.212 e. The van der Waals surface area contributed by atoms with Crippen molar-refractivity contribution < 1.29 is 22.0 Å². The van der Waals surface area contributed by atoms with Gasteiger partial charge < -0.3 is 0 Å². The number of unbranched alkanes of at least 4 members (excludes halogenated alkanes) is 1. The largest absolute Gasteiger partial charge is 0.412 e. The van der Waals surface area contributed by atoms with Crippen LogP contribution in [0.1, 0.15) is 120 Å². The molecule has 0 unspecified atom stereocenters. The summed E-state index contributed by atoms with van der Waals surface area (Å²) >= 11 is 2.12. The normalized spacial score (nSPS) is 31.9. The van der Waals surface area contributed by atoms with E-state index in [1.165, 1.54) is 31.4 Å². The maximum Gasteiger partial charge on any atom is 0.412 e. The van der Waals surface area contributed by atoms with E-state index in [4.69, 9.17) is 0 Å². The van der Waals surface area contributed by atoms with Crippen molar-refractivity contribution in [2.45, 2.75) is 120 Å². The fraction of sp³-hybridized carbons (Fsp3) is 0.742. The minimum atomic E-state index is -4.58. The Hall–Kier alpha value is -1.04. The van der Waals surface area contributed by atoms with Crippen molar-refractivity contribution in [3.05, 3.63) is 47.0 Å². The Morgan fingerprint density at radius 1 is 0.865 bits per heavy atom.